The van der Waals surface area contributed by atoms with Crippen LogP contribution in [0, 0.1) is 0 Å². The highest BCUT2D eigenvalue weighted by atomic mass is 16.2. The summed E-state index contributed by atoms with van der Waals surface area (Å²) in [5, 5.41) is 2.36. The van der Waals surface area contributed by atoms with Gasteiger partial charge in [-0.05, 0) is 42.9 Å². The average molecular weight is 328 g/mol. The SMILES string of the molecule is CC(C)(C)c1cccc2c1C(C)(C)N(C1CCC(=O)NC1=O)C2=O. The van der Waals surface area contributed by atoms with Crippen molar-refractivity contribution in [3.63, 3.8) is 0 Å². The molecule has 1 aromatic rings. The summed E-state index contributed by atoms with van der Waals surface area (Å²) in [6, 6.07) is 5.19. The molecule has 0 bridgehead atoms. The zero-order valence-corrected chi connectivity index (χ0v) is 14.9. The molecule has 0 spiro atoms. The van der Waals surface area contributed by atoms with Gasteiger partial charge in [0.2, 0.25) is 11.8 Å². The van der Waals surface area contributed by atoms with Crippen LogP contribution in [0.2, 0.25) is 0 Å². The van der Waals surface area contributed by atoms with Gasteiger partial charge < -0.3 is 4.90 Å². The Morgan fingerprint density at radius 3 is 2.42 bits per heavy atom. The summed E-state index contributed by atoms with van der Waals surface area (Å²) in [7, 11) is 0. The minimum atomic E-state index is -0.606. The van der Waals surface area contributed by atoms with E-state index in [0.717, 1.165) is 11.1 Å². The van der Waals surface area contributed by atoms with Gasteiger partial charge in [0.05, 0.1) is 5.54 Å². The number of carbonyl (C=O) groups is 3. The van der Waals surface area contributed by atoms with E-state index in [0.29, 0.717) is 12.0 Å². The molecule has 5 heteroatoms. The molecule has 1 N–H and O–H groups in total. The Hall–Kier alpha value is -2.17. The Morgan fingerprint density at radius 1 is 1.17 bits per heavy atom. The summed E-state index contributed by atoms with van der Waals surface area (Å²) < 4.78 is 0. The normalized spacial score (nSPS) is 23.3. The molecular weight excluding hydrogens is 304 g/mol. The summed E-state index contributed by atoms with van der Waals surface area (Å²) in [6.45, 7) is 10.3. The number of piperidine rings is 1. The van der Waals surface area contributed by atoms with Crippen molar-refractivity contribution in [3.05, 3.63) is 34.9 Å². The van der Waals surface area contributed by atoms with Crippen molar-refractivity contribution in [2.75, 3.05) is 0 Å². The molecule has 0 aromatic heterocycles. The number of fused-ring (bicyclic) bond motifs is 1. The van der Waals surface area contributed by atoms with E-state index in [1.54, 1.807) is 4.90 Å². The molecule has 2 aliphatic heterocycles. The monoisotopic (exact) mass is 328 g/mol. The maximum absolute atomic E-state index is 13.1. The number of nitrogens with one attached hydrogen (secondary N) is 1. The molecule has 3 rings (SSSR count). The van der Waals surface area contributed by atoms with Gasteiger partial charge in [-0.25, -0.2) is 0 Å². The molecule has 5 nitrogen and oxygen atoms in total. The summed E-state index contributed by atoms with van der Waals surface area (Å²) in [6.07, 6.45) is 0.636. The molecule has 1 saturated heterocycles. The summed E-state index contributed by atoms with van der Waals surface area (Å²) in [5.41, 5.74) is 2.07. The van der Waals surface area contributed by atoms with Crippen LogP contribution in [0.25, 0.3) is 0 Å². The first kappa shape index (κ1) is 16.7. The van der Waals surface area contributed by atoms with Crippen molar-refractivity contribution in [1.29, 1.82) is 0 Å². The van der Waals surface area contributed by atoms with E-state index in [1.165, 1.54) is 0 Å². The summed E-state index contributed by atoms with van der Waals surface area (Å²) >= 11 is 0. The highest BCUT2D eigenvalue weighted by molar-refractivity contribution is 6.06. The lowest BCUT2D eigenvalue weighted by molar-refractivity contribution is -0.138. The molecule has 2 heterocycles. The van der Waals surface area contributed by atoms with E-state index in [9.17, 15) is 14.4 Å². The van der Waals surface area contributed by atoms with Crippen molar-refractivity contribution in [3.8, 4) is 0 Å². The first-order valence-electron chi connectivity index (χ1n) is 8.36. The van der Waals surface area contributed by atoms with Crippen molar-refractivity contribution in [2.24, 2.45) is 0 Å². The molecule has 3 amide bonds. The number of imide groups is 1. The first-order valence-corrected chi connectivity index (χ1v) is 8.36. The number of hydrogen-bond donors (Lipinski definition) is 1. The second-order valence-electron chi connectivity index (χ2n) is 8.18. The molecule has 1 unspecified atom stereocenters. The minimum absolute atomic E-state index is 0.107. The minimum Gasteiger partial charge on any atom is -0.317 e. The highest BCUT2D eigenvalue weighted by Gasteiger charge is 2.50. The van der Waals surface area contributed by atoms with Crippen molar-refractivity contribution in [2.45, 2.75) is 64.5 Å². The first-order chi connectivity index (χ1) is 11.0. The predicted octanol–water partition coefficient (Wildman–Crippen LogP) is 2.48. The Labute approximate surface area is 142 Å². The zero-order chi connectivity index (χ0) is 17.9. The maximum atomic E-state index is 13.1. The van der Waals surface area contributed by atoms with Crippen LogP contribution in [-0.4, -0.2) is 28.7 Å². The van der Waals surface area contributed by atoms with Gasteiger partial charge in [-0.3, -0.25) is 19.7 Å². The number of hydrogen-bond acceptors (Lipinski definition) is 3. The van der Waals surface area contributed by atoms with E-state index >= 15 is 0 Å². The lowest BCUT2D eigenvalue weighted by Gasteiger charge is -2.40. The fraction of sp³-hybridized carbons (Fsp3) is 0.526. The summed E-state index contributed by atoms with van der Waals surface area (Å²) in [5.74, 6) is -0.776. The smallest absolute Gasteiger partial charge is 0.255 e. The van der Waals surface area contributed by atoms with Crippen molar-refractivity contribution < 1.29 is 14.4 Å². The van der Waals surface area contributed by atoms with Gasteiger partial charge in [-0.2, -0.15) is 0 Å². The van der Waals surface area contributed by atoms with Crippen LogP contribution in [0.1, 0.15) is 68.9 Å². The van der Waals surface area contributed by atoms with Gasteiger partial charge >= 0.3 is 0 Å². The summed E-state index contributed by atoms with van der Waals surface area (Å²) in [4.78, 5) is 38.5. The van der Waals surface area contributed by atoms with Gasteiger partial charge in [0.25, 0.3) is 5.91 Å². The third-order valence-electron chi connectivity index (χ3n) is 5.06. The van der Waals surface area contributed by atoms with Gasteiger partial charge in [0.1, 0.15) is 6.04 Å². The predicted molar refractivity (Wildman–Crippen MR) is 90.5 cm³/mol. The van der Waals surface area contributed by atoms with Gasteiger partial charge in [0, 0.05) is 12.0 Å². The Kier molecular flexibility index (Phi) is 3.59. The molecule has 1 atom stereocenters. The fourth-order valence-electron chi connectivity index (χ4n) is 3.98. The second kappa shape index (κ2) is 5.16. The van der Waals surface area contributed by atoms with Crippen LogP contribution in [0.3, 0.4) is 0 Å². The Bertz CT molecular complexity index is 743. The third kappa shape index (κ3) is 2.34. The number of carbonyl (C=O) groups excluding carboxylic acids is 3. The van der Waals surface area contributed by atoms with E-state index in [-0.39, 0.29) is 29.6 Å². The van der Waals surface area contributed by atoms with Crippen molar-refractivity contribution >= 4 is 17.7 Å². The van der Waals surface area contributed by atoms with Crippen LogP contribution in [0.4, 0.5) is 0 Å². The largest absolute Gasteiger partial charge is 0.317 e. The lowest BCUT2D eigenvalue weighted by atomic mass is 9.77. The third-order valence-corrected chi connectivity index (χ3v) is 5.06. The maximum Gasteiger partial charge on any atom is 0.255 e. The van der Waals surface area contributed by atoms with E-state index in [1.807, 2.05) is 26.0 Å². The van der Waals surface area contributed by atoms with E-state index in [2.05, 4.69) is 32.2 Å². The number of nitrogens with zero attached hydrogens (tertiary/aromatic N) is 1. The van der Waals surface area contributed by atoms with Crippen molar-refractivity contribution in [1.82, 2.24) is 10.2 Å². The fourth-order valence-corrected chi connectivity index (χ4v) is 3.98. The standard InChI is InChI=1S/C19H24N2O3/c1-18(2,3)12-8-6-7-11-15(12)19(4,5)21(17(11)24)13-9-10-14(22)20-16(13)23/h6-8,13H,9-10H2,1-5H3,(H,20,22,23). The highest BCUT2D eigenvalue weighted by Crippen LogP contribution is 2.45. The molecule has 0 aliphatic carbocycles. The molecule has 1 fully saturated rings. The molecule has 0 radical (unpaired) electrons. The van der Waals surface area contributed by atoms with Gasteiger partial charge in [-0.1, -0.05) is 32.9 Å². The van der Waals surface area contributed by atoms with Gasteiger partial charge in [0.15, 0.2) is 0 Å². The Balaban J connectivity index is 2.12. The molecule has 128 valence electrons. The topological polar surface area (TPSA) is 66.5 Å². The van der Waals surface area contributed by atoms with E-state index in [4.69, 9.17) is 0 Å². The zero-order valence-electron chi connectivity index (χ0n) is 14.9. The quantitative estimate of drug-likeness (QED) is 0.806. The van der Waals surface area contributed by atoms with Gasteiger partial charge in [-0.15, -0.1) is 0 Å². The number of rotatable bonds is 1. The number of amides is 3. The van der Waals surface area contributed by atoms with Crippen LogP contribution < -0.4 is 5.32 Å². The average Bonchev–Trinajstić information content (AvgIpc) is 2.67. The van der Waals surface area contributed by atoms with Crippen LogP contribution in [-0.2, 0) is 20.5 Å². The molecule has 1 aromatic carbocycles. The molecule has 2 aliphatic rings. The van der Waals surface area contributed by atoms with E-state index < -0.39 is 11.6 Å². The molecule has 24 heavy (non-hydrogen) atoms. The van der Waals surface area contributed by atoms with Crippen LogP contribution >= 0.6 is 0 Å². The number of benzene rings is 1. The Morgan fingerprint density at radius 2 is 1.83 bits per heavy atom. The van der Waals surface area contributed by atoms with Crippen LogP contribution in [0.5, 0.6) is 0 Å². The lowest BCUT2D eigenvalue weighted by Crippen LogP contribution is -2.57. The second-order valence-corrected chi connectivity index (χ2v) is 8.18. The van der Waals surface area contributed by atoms with Crippen LogP contribution in [0.15, 0.2) is 18.2 Å². The molecule has 0 saturated carbocycles. The molecular formula is C19H24N2O3.